The number of nitrogens with zero attached hydrogens (tertiary/aromatic N) is 1. The van der Waals surface area contributed by atoms with Crippen molar-refractivity contribution in [3.05, 3.63) is 28.5 Å². The molecule has 2 atom stereocenters. The largest absolute Gasteiger partial charge is 0.378 e. The van der Waals surface area contributed by atoms with Crippen LogP contribution in [0.4, 0.5) is 0 Å². The summed E-state index contributed by atoms with van der Waals surface area (Å²) in [7, 11) is 0. The topological polar surface area (TPSA) is 48.1 Å². The van der Waals surface area contributed by atoms with Crippen molar-refractivity contribution in [2.75, 3.05) is 6.61 Å². The SMILES string of the molecule is NC(CCC1CCCO1)Cc1cncc(Br)c1. The predicted molar refractivity (Wildman–Crippen MR) is 71.8 cm³/mol. The normalized spacial score (nSPS) is 21.6. The monoisotopic (exact) mass is 298 g/mol. The van der Waals surface area contributed by atoms with Crippen LogP contribution in [0.2, 0.25) is 0 Å². The first-order valence-corrected chi connectivity index (χ1v) is 7.00. The van der Waals surface area contributed by atoms with Crippen LogP contribution in [-0.2, 0) is 11.2 Å². The van der Waals surface area contributed by atoms with Crippen LogP contribution in [0.1, 0.15) is 31.2 Å². The minimum Gasteiger partial charge on any atom is -0.378 e. The van der Waals surface area contributed by atoms with Crippen molar-refractivity contribution in [3.8, 4) is 0 Å². The van der Waals surface area contributed by atoms with Gasteiger partial charge in [-0.2, -0.15) is 0 Å². The number of hydrogen-bond acceptors (Lipinski definition) is 3. The molecule has 0 radical (unpaired) electrons. The maximum absolute atomic E-state index is 6.14. The van der Waals surface area contributed by atoms with Gasteiger partial charge in [-0.05, 0) is 59.7 Å². The molecule has 1 aliphatic rings. The van der Waals surface area contributed by atoms with E-state index in [4.69, 9.17) is 10.5 Å². The van der Waals surface area contributed by atoms with E-state index < -0.39 is 0 Å². The van der Waals surface area contributed by atoms with E-state index in [2.05, 4.69) is 27.0 Å². The maximum Gasteiger partial charge on any atom is 0.0576 e. The molecule has 17 heavy (non-hydrogen) atoms. The highest BCUT2D eigenvalue weighted by molar-refractivity contribution is 9.10. The highest BCUT2D eigenvalue weighted by Gasteiger charge is 2.16. The molecule has 0 saturated carbocycles. The quantitative estimate of drug-likeness (QED) is 0.909. The third kappa shape index (κ3) is 4.37. The lowest BCUT2D eigenvalue weighted by Crippen LogP contribution is -2.24. The van der Waals surface area contributed by atoms with Gasteiger partial charge in [0.15, 0.2) is 0 Å². The predicted octanol–water partition coefficient (Wildman–Crippen LogP) is 2.67. The van der Waals surface area contributed by atoms with Crippen LogP contribution < -0.4 is 5.73 Å². The van der Waals surface area contributed by atoms with Gasteiger partial charge in [0.1, 0.15) is 0 Å². The second-order valence-electron chi connectivity index (χ2n) is 4.69. The fourth-order valence-electron chi connectivity index (χ4n) is 2.24. The number of pyridine rings is 1. The second kappa shape index (κ2) is 6.47. The van der Waals surface area contributed by atoms with Crippen molar-refractivity contribution in [1.82, 2.24) is 4.98 Å². The van der Waals surface area contributed by atoms with Crippen molar-refractivity contribution < 1.29 is 4.74 Å². The lowest BCUT2D eigenvalue weighted by Gasteiger charge is -2.14. The Kier molecular flexibility index (Phi) is 4.95. The Morgan fingerprint density at radius 3 is 3.12 bits per heavy atom. The van der Waals surface area contributed by atoms with E-state index in [9.17, 15) is 0 Å². The van der Waals surface area contributed by atoms with Crippen LogP contribution in [0, 0.1) is 0 Å². The molecule has 1 aromatic heterocycles. The van der Waals surface area contributed by atoms with Crippen LogP contribution in [0.25, 0.3) is 0 Å². The standard InChI is InChI=1S/C13H19BrN2O/c14-11-6-10(8-16-9-11)7-12(15)3-4-13-2-1-5-17-13/h6,8-9,12-13H,1-5,7,15H2. The van der Waals surface area contributed by atoms with Crippen molar-refractivity contribution in [1.29, 1.82) is 0 Å². The number of rotatable bonds is 5. The summed E-state index contributed by atoms with van der Waals surface area (Å²) in [4.78, 5) is 4.15. The summed E-state index contributed by atoms with van der Waals surface area (Å²) in [6.07, 6.45) is 9.53. The molecule has 1 aromatic rings. The van der Waals surface area contributed by atoms with Crippen molar-refractivity contribution >= 4 is 15.9 Å². The highest BCUT2D eigenvalue weighted by Crippen LogP contribution is 2.18. The Morgan fingerprint density at radius 1 is 1.53 bits per heavy atom. The third-order valence-corrected chi connectivity index (χ3v) is 3.58. The zero-order chi connectivity index (χ0) is 12.1. The van der Waals surface area contributed by atoms with Crippen molar-refractivity contribution in [2.24, 2.45) is 5.73 Å². The van der Waals surface area contributed by atoms with Gasteiger partial charge in [0.25, 0.3) is 0 Å². The first kappa shape index (κ1) is 13.0. The van der Waals surface area contributed by atoms with Gasteiger partial charge in [-0.25, -0.2) is 0 Å². The average Bonchev–Trinajstić information content (AvgIpc) is 2.79. The molecule has 2 N–H and O–H groups in total. The van der Waals surface area contributed by atoms with E-state index in [1.807, 2.05) is 6.20 Å². The van der Waals surface area contributed by atoms with E-state index >= 15 is 0 Å². The van der Waals surface area contributed by atoms with Crippen molar-refractivity contribution in [3.63, 3.8) is 0 Å². The van der Waals surface area contributed by atoms with Crippen molar-refractivity contribution in [2.45, 2.75) is 44.2 Å². The molecule has 94 valence electrons. The molecule has 1 saturated heterocycles. The zero-order valence-corrected chi connectivity index (χ0v) is 11.5. The molecule has 4 heteroatoms. The molecule has 2 unspecified atom stereocenters. The molecule has 0 aliphatic carbocycles. The lowest BCUT2D eigenvalue weighted by atomic mass is 10.0. The summed E-state index contributed by atoms with van der Waals surface area (Å²) in [6, 6.07) is 2.29. The molecule has 0 bridgehead atoms. The Labute approximate surface area is 111 Å². The van der Waals surface area contributed by atoms with E-state index in [1.165, 1.54) is 18.4 Å². The summed E-state index contributed by atoms with van der Waals surface area (Å²) < 4.78 is 6.61. The van der Waals surface area contributed by atoms with E-state index in [-0.39, 0.29) is 6.04 Å². The van der Waals surface area contributed by atoms with E-state index in [0.717, 1.165) is 30.3 Å². The molecule has 0 amide bonds. The number of ether oxygens (including phenoxy) is 1. The minimum atomic E-state index is 0.204. The second-order valence-corrected chi connectivity index (χ2v) is 5.60. The smallest absolute Gasteiger partial charge is 0.0576 e. The summed E-state index contributed by atoms with van der Waals surface area (Å²) in [6.45, 7) is 0.926. The Hall–Kier alpha value is -0.450. The van der Waals surface area contributed by atoms with Gasteiger partial charge in [-0.1, -0.05) is 0 Å². The summed E-state index contributed by atoms with van der Waals surface area (Å²) in [5, 5.41) is 0. The fraction of sp³-hybridized carbons (Fsp3) is 0.615. The first-order chi connectivity index (χ1) is 8.24. The molecule has 0 spiro atoms. The molecule has 2 rings (SSSR count). The van der Waals surface area contributed by atoms with Gasteiger partial charge >= 0.3 is 0 Å². The molecule has 1 fully saturated rings. The van der Waals surface area contributed by atoms with Crippen LogP contribution in [0.15, 0.2) is 22.9 Å². The number of hydrogen-bond donors (Lipinski definition) is 1. The molecular weight excluding hydrogens is 280 g/mol. The molecule has 3 nitrogen and oxygen atoms in total. The number of aromatic nitrogens is 1. The molecule has 2 heterocycles. The van der Waals surface area contributed by atoms with E-state index in [0.29, 0.717) is 6.10 Å². The molecular formula is C13H19BrN2O. The molecule has 0 aromatic carbocycles. The van der Waals surface area contributed by atoms with Crippen LogP contribution in [0.5, 0.6) is 0 Å². The Morgan fingerprint density at radius 2 is 2.41 bits per heavy atom. The Bertz CT molecular complexity index is 353. The van der Waals surface area contributed by atoms with Crippen LogP contribution in [-0.4, -0.2) is 23.7 Å². The van der Waals surface area contributed by atoms with Gasteiger partial charge < -0.3 is 10.5 Å². The fourth-order valence-corrected chi connectivity index (χ4v) is 2.66. The summed E-state index contributed by atoms with van der Waals surface area (Å²) >= 11 is 3.42. The summed E-state index contributed by atoms with van der Waals surface area (Å²) in [5.41, 5.74) is 7.33. The number of nitrogens with two attached hydrogens (primary N) is 1. The van der Waals surface area contributed by atoms with Gasteiger partial charge in [-0.3, -0.25) is 4.98 Å². The van der Waals surface area contributed by atoms with Gasteiger partial charge in [0.2, 0.25) is 0 Å². The minimum absolute atomic E-state index is 0.204. The lowest BCUT2D eigenvalue weighted by molar-refractivity contribution is 0.101. The van der Waals surface area contributed by atoms with Crippen LogP contribution >= 0.6 is 15.9 Å². The average molecular weight is 299 g/mol. The van der Waals surface area contributed by atoms with Crippen LogP contribution in [0.3, 0.4) is 0 Å². The maximum atomic E-state index is 6.14. The zero-order valence-electron chi connectivity index (χ0n) is 9.94. The van der Waals surface area contributed by atoms with Gasteiger partial charge in [-0.15, -0.1) is 0 Å². The third-order valence-electron chi connectivity index (χ3n) is 3.14. The highest BCUT2D eigenvalue weighted by atomic mass is 79.9. The van der Waals surface area contributed by atoms with Gasteiger partial charge in [0.05, 0.1) is 6.10 Å². The first-order valence-electron chi connectivity index (χ1n) is 6.20. The summed E-state index contributed by atoms with van der Waals surface area (Å²) in [5.74, 6) is 0. The van der Waals surface area contributed by atoms with E-state index in [1.54, 1.807) is 6.20 Å². The Balaban J connectivity index is 1.74. The number of halogens is 1. The molecule has 1 aliphatic heterocycles. The van der Waals surface area contributed by atoms with Gasteiger partial charge in [0, 0.05) is 29.5 Å².